The van der Waals surface area contributed by atoms with Crippen molar-refractivity contribution >= 4 is 11.9 Å². The van der Waals surface area contributed by atoms with Gasteiger partial charge in [-0.15, -0.1) is 24.7 Å². The minimum absolute atomic E-state index is 0.0992. The summed E-state index contributed by atoms with van der Waals surface area (Å²) in [6.07, 6.45) is 16.9. The van der Waals surface area contributed by atoms with Crippen molar-refractivity contribution in [2.75, 3.05) is 33.0 Å². The van der Waals surface area contributed by atoms with Gasteiger partial charge in [0, 0.05) is 38.9 Å². The van der Waals surface area contributed by atoms with E-state index in [4.69, 9.17) is 27.1 Å². The monoisotopic (exact) mass is 436 g/mol. The molecule has 1 N–H and O–H groups in total. The van der Waals surface area contributed by atoms with Crippen molar-refractivity contribution in [3.05, 3.63) is 0 Å². The van der Waals surface area contributed by atoms with Crippen LogP contribution in [0.2, 0.25) is 0 Å². The van der Waals surface area contributed by atoms with Crippen LogP contribution in [0.1, 0.15) is 78.1 Å². The zero-order chi connectivity index (χ0) is 23.4. The smallest absolute Gasteiger partial charge is 0.305 e. The van der Waals surface area contributed by atoms with E-state index in [1.165, 1.54) is 0 Å². The van der Waals surface area contributed by atoms with Crippen LogP contribution in [-0.2, 0) is 23.8 Å². The van der Waals surface area contributed by atoms with Gasteiger partial charge in [0.2, 0.25) is 0 Å². The van der Waals surface area contributed by atoms with Crippen molar-refractivity contribution in [2.24, 2.45) is 11.3 Å². The molecule has 0 aromatic heterocycles. The fourth-order valence-electron chi connectivity index (χ4n) is 2.82. The molecule has 0 bridgehead atoms. The Balaban J connectivity index is 4.52. The third-order valence-electron chi connectivity index (χ3n) is 5.00. The number of esters is 2. The maximum absolute atomic E-state index is 12.1. The Hall–Kier alpha value is -2.02. The number of aliphatic hydroxyl groups is 1. The molecule has 0 saturated carbocycles. The topological polar surface area (TPSA) is 82.1 Å². The van der Waals surface area contributed by atoms with Gasteiger partial charge in [-0.2, -0.15) is 0 Å². The largest absolute Gasteiger partial charge is 0.465 e. The number of hydrogen-bond acceptors (Lipinski definition) is 6. The Morgan fingerprint density at radius 2 is 1.52 bits per heavy atom. The van der Waals surface area contributed by atoms with Gasteiger partial charge in [-0.25, -0.2) is 0 Å². The number of terminal acetylenes is 2. The molecule has 6 heteroatoms. The van der Waals surface area contributed by atoms with Crippen molar-refractivity contribution in [1.82, 2.24) is 0 Å². The zero-order valence-corrected chi connectivity index (χ0v) is 19.3. The van der Waals surface area contributed by atoms with E-state index in [0.29, 0.717) is 45.3 Å². The molecule has 0 spiro atoms. The summed E-state index contributed by atoms with van der Waals surface area (Å²) in [6.45, 7) is 5.07. The van der Waals surface area contributed by atoms with Crippen LogP contribution in [0.3, 0.4) is 0 Å². The van der Waals surface area contributed by atoms with Crippen LogP contribution in [0.15, 0.2) is 0 Å². The molecule has 0 aliphatic carbocycles. The minimum atomic E-state index is -0.638. The van der Waals surface area contributed by atoms with Crippen LogP contribution in [0, 0.1) is 36.0 Å². The molecule has 0 heterocycles. The molecule has 6 nitrogen and oxygen atoms in total. The van der Waals surface area contributed by atoms with Crippen LogP contribution in [-0.4, -0.2) is 50.1 Å². The molecule has 0 amide bonds. The van der Waals surface area contributed by atoms with Crippen molar-refractivity contribution in [3.63, 3.8) is 0 Å². The van der Waals surface area contributed by atoms with E-state index in [1.807, 2.05) is 13.8 Å². The van der Waals surface area contributed by atoms with Crippen LogP contribution < -0.4 is 0 Å². The summed E-state index contributed by atoms with van der Waals surface area (Å²) in [4.78, 5) is 24.1. The first kappa shape index (κ1) is 29.0. The molecule has 31 heavy (non-hydrogen) atoms. The molecule has 0 rings (SSSR count). The average molecular weight is 437 g/mol. The highest BCUT2D eigenvalue weighted by Crippen LogP contribution is 2.20. The van der Waals surface area contributed by atoms with Gasteiger partial charge in [-0.3, -0.25) is 9.59 Å². The second kappa shape index (κ2) is 18.7. The standard InChI is InChI=1S/C25H40O6/c1-5-8-10-12-17-29-19-25(4,20-30-23(27)15-11-9-6-2)21-31-24(28)16-13-14-22(7-3)18-26/h1-2,22,26H,7-21H2,3-4H3. The van der Waals surface area contributed by atoms with Gasteiger partial charge in [0.15, 0.2) is 0 Å². The van der Waals surface area contributed by atoms with Crippen LogP contribution in [0.4, 0.5) is 0 Å². The highest BCUT2D eigenvalue weighted by Gasteiger charge is 2.29. The zero-order valence-electron chi connectivity index (χ0n) is 19.3. The quantitative estimate of drug-likeness (QED) is 0.188. The Morgan fingerprint density at radius 1 is 0.935 bits per heavy atom. The van der Waals surface area contributed by atoms with E-state index in [9.17, 15) is 14.7 Å². The summed E-state index contributed by atoms with van der Waals surface area (Å²) in [7, 11) is 0. The Morgan fingerprint density at radius 3 is 2.06 bits per heavy atom. The third kappa shape index (κ3) is 16.4. The maximum Gasteiger partial charge on any atom is 0.305 e. The number of unbranched alkanes of at least 4 members (excludes halogenated alkanes) is 3. The number of rotatable bonds is 19. The lowest BCUT2D eigenvalue weighted by atomic mass is 9.94. The molecular weight excluding hydrogens is 396 g/mol. The van der Waals surface area contributed by atoms with Gasteiger partial charge in [0.25, 0.3) is 0 Å². The van der Waals surface area contributed by atoms with E-state index >= 15 is 0 Å². The number of ether oxygens (including phenoxy) is 3. The van der Waals surface area contributed by atoms with E-state index in [0.717, 1.165) is 25.7 Å². The van der Waals surface area contributed by atoms with Gasteiger partial charge in [-0.1, -0.05) is 20.3 Å². The van der Waals surface area contributed by atoms with Gasteiger partial charge in [-0.05, 0) is 38.0 Å². The minimum Gasteiger partial charge on any atom is -0.465 e. The van der Waals surface area contributed by atoms with E-state index in [2.05, 4.69) is 11.8 Å². The highest BCUT2D eigenvalue weighted by molar-refractivity contribution is 5.69. The second-order valence-corrected chi connectivity index (χ2v) is 8.25. The van der Waals surface area contributed by atoms with Crippen LogP contribution in [0.25, 0.3) is 0 Å². The normalized spacial score (nSPS) is 13.5. The van der Waals surface area contributed by atoms with Crippen molar-refractivity contribution in [1.29, 1.82) is 0 Å². The predicted molar refractivity (Wildman–Crippen MR) is 121 cm³/mol. The lowest BCUT2D eigenvalue weighted by Crippen LogP contribution is -2.36. The number of hydrogen-bond donors (Lipinski definition) is 1. The Kier molecular flexibility index (Phi) is 17.5. The highest BCUT2D eigenvalue weighted by atomic mass is 16.6. The number of aliphatic hydroxyl groups excluding tert-OH is 1. The maximum atomic E-state index is 12.1. The molecule has 2 unspecified atom stereocenters. The number of carbonyl (C=O) groups excluding carboxylic acids is 2. The summed E-state index contributed by atoms with van der Waals surface area (Å²) in [5.41, 5.74) is -0.638. The third-order valence-corrected chi connectivity index (χ3v) is 5.00. The Labute approximate surface area is 188 Å². The average Bonchev–Trinajstić information content (AvgIpc) is 2.77. The molecular formula is C25H40O6. The molecule has 0 aromatic carbocycles. The van der Waals surface area contributed by atoms with E-state index < -0.39 is 5.41 Å². The summed E-state index contributed by atoms with van der Waals surface area (Å²) in [5.74, 6) is 4.69. The van der Waals surface area contributed by atoms with Crippen LogP contribution in [0.5, 0.6) is 0 Å². The van der Waals surface area contributed by atoms with Gasteiger partial charge < -0.3 is 19.3 Å². The predicted octanol–water partition coefficient (Wildman–Crippen LogP) is 3.89. The van der Waals surface area contributed by atoms with Crippen molar-refractivity contribution in [2.45, 2.75) is 78.1 Å². The summed E-state index contributed by atoms with van der Waals surface area (Å²) in [6, 6.07) is 0. The summed E-state index contributed by atoms with van der Waals surface area (Å²) in [5, 5.41) is 9.23. The first-order valence-corrected chi connectivity index (χ1v) is 11.3. The summed E-state index contributed by atoms with van der Waals surface area (Å²) >= 11 is 0. The number of carbonyl (C=O) groups is 2. The first-order chi connectivity index (χ1) is 14.9. The van der Waals surface area contributed by atoms with Gasteiger partial charge >= 0.3 is 11.9 Å². The molecule has 0 aliphatic heterocycles. The second-order valence-electron chi connectivity index (χ2n) is 8.25. The molecule has 0 fully saturated rings. The van der Waals surface area contributed by atoms with Crippen LogP contribution >= 0.6 is 0 Å². The molecule has 0 aliphatic rings. The molecule has 176 valence electrons. The van der Waals surface area contributed by atoms with Crippen molar-refractivity contribution in [3.8, 4) is 24.7 Å². The molecule has 0 saturated heterocycles. The molecule has 0 radical (unpaired) electrons. The Bertz CT molecular complexity index is 570. The first-order valence-electron chi connectivity index (χ1n) is 11.3. The van der Waals surface area contributed by atoms with E-state index in [1.54, 1.807) is 0 Å². The van der Waals surface area contributed by atoms with Crippen molar-refractivity contribution < 1.29 is 28.9 Å². The lowest BCUT2D eigenvalue weighted by Gasteiger charge is -2.28. The van der Waals surface area contributed by atoms with Gasteiger partial charge in [0.05, 0.1) is 12.0 Å². The molecule has 0 aromatic rings. The van der Waals surface area contributed by atoms with Gasteiger partial charge in [0.1, 0.15) is 13.2 Å². The lowest BCUT2D eigenvalue weighted by molar-refractivity contribution is -0.156. The van der Waals surface area contributed by atoms with E-state index in [-0.39, 0.29) is 44.1 Å². The molecule has 2 atom stereocenters. The fraction of sp³-hybridized carbons (Fsp3) is 0.760. The summed E-state index contributed by atoms with van der Waals surface area (Å²) < 4.78 is 16.6. The fourth-order valence-corrected chi connectivity index (χ4v) is 2.82. The SMILES string of the molecule is C#CCCCCOCC(C)(COC(=O)CCCC#C)COC(=O)CCCC(CC)CO.